The Morgan fingerprint density at radius 2 is 1.64 bits per heavy atom. The van der Waals surface area contributed by atoms with E-state index < -0.39 is 11.8 Å². The number of rotatable bonds is 5. The normalized spacial score (nSPS) is 11.1. The van der Waals surface area contributed by atoms with Gasteiger partial charge >= 0.3 is 0 Å². The van der Waals surface area contributed by atoms with Crippen molar-refractivity contribution in [2.45, 2.75) is 6.42 Å². The van der Waals surface area contributed by atoms with Crippen molar-refractivity contribution in [2.75, 3.05) is 5.32 Å². The largest absolute Gasteiger partial charge is 0.508 e. The van der Waals surface area contributed by atoms with Crippen LogP contribution in [0.15, 0.2) is 83.9 Å². The fourth-order valence-corrected chi connectivity index (χ4v) is 2.75. The summed E-state index contributed by atoms with van der Waals surface area (Å²) in [4.78, 5) is 29.3. The number of halogens is 1. The quantitative estimate of drug-likeness (QED) is 0.627. The molecule has 0 radical (unpaired) electrons. The highest BCUT2D eigenvalue weighted by Gasteiger charge is 2.17. The van der Waals surface area contributed by atoms with Gasteiger partial charge in [0.15, 0.2) is 0 Å². The molecule has 0 fully saturated rings. The molecule has 2 N–H and O–H groups in total. The second-order valence-electron chi connectivity index (χ2n) is 6.00. The lowest BCUT2D eigenvalue weighted by molar-refractivity contribution is -0.110. The number of aromatic hydroxyl groups is 1. The monoisotopic (exact) mass is 392 g/mol. The first kappa shape index (κ1) is 19.3. The third-order valence-corrected chi connectivity index (χ3v) is 4.31. The van der Waals surface area contributed by atoms with Crippen LogP contribution in [0.25, 0.3) is 0 Å². The summed E-state index contributed by atoms with van der Waals surface area (Å²) in [5.74, 6) is -1.05. The number of aliphatic imine (C=N–C) groups is 1. The van der Waals surface area contributed by atoms with Gasteiger partial charge < -0.3 is 10.4 Å². The highest BCUT2D eigenvalue weighted by Crippen LogP contribution is 2.18. The number of benzene rings is 3. The summed E-state index contributed by atoms with van der Waals surface area (Å²) in [5, 5.41) is 12.7. The zero-order valence-electron chi connectivity index (χ0n) is 14.8. The van der Waals surface area contributed by atoms with Crippen molar-refractivity contribution in [1.82, 2.24) is 0 Å². The molecule has 6 heteroatoms. The van der Waals surface area contributed by atoms with Gasteiger partial charge in [0.25, 0.3) is 11.8 Å². The molecule has 0 aliphatic carbocycles. The summed E-state index contributed by atoms with van der Waals surface area (Å²) in [6.45, 7) is 0. The summed E-state index contributed by atoms with van der Waals surface area (Å²) < 4.78 is 0. The Morgan fingerprint density at radius 3 is 2.36 bits per heavy atom. The van der Waals surface area contributed by atoms with Crippen LogP contribution in [0.5, 0.6) is 5.75 Å². The Labute approximate surface area is 167 Å². The number of hydrogen-bond acceptors (Lipinski definition) is 3. The molecule has 0 atom stereocenters. The first-order valence-electron chi connectivity index (χ1n) is 8.53. The molecule has 0 heterocycles. The molecule has 0 saturated heterocycles. The van der Waals surface area contributed by atoms with E-state index in [1.54, 1.807) is 66.7 Å². The molecular weight excluding hydrogens is 376 g/mol. The van der Waals surface area contributed by atoms with Gasteiger partial charge in [0, 0.05) is 28.8 Å². The number of amides is 2. The van der Waals surface area contributed by atoms with Crippen LogP contribution >= 0.6 is 11.6 Å². The van der Waals surface area contributed by atoms with Crippen LogP contribution in [-0.4, -0.2) is 22.6 Å². The smallest absolute Gasteiger partial charge is 0.277 e. The minimum absolute atomic E-state index is 0.0164. The zero-order valence-corrected chi connectivity index (χ0v) is 15.6. The zero-order chi connectivity index (χ0) is 19.9. The van der Waals surface area contributed by atoms with Gasteiger partial charge in [-0.15, -0.1) is 0 Å². The molecule has 3 rings (SSSR count). The number of hydrogen-bond donors (Lipinski definition) is 2. The van der Waals surface area contributed by atoms with Gasteiger partial charge in [-0.3, -0.25) is 9.59 Å². The number of phenolic OH excluding ortho intramolecular Hbond substituents is 1. The maximum Gasteiger partial charge on any atom is 0.277 e. The number of carbonyl (C=O) groups is 2. The highest BCUT2D eigenvalue weighted by molar-refractivity contribution is 6.45. The molecule has 0 bridgehead atoms. The van der Waals surface area contributed by atoms with Crippen molar-refractivity contribution in [1.29, 1.82) is 0 Å². The van der Waals surface area contributed by atoms with Crippen molar-refractivity contribution in [3.63, 3.8) is 0 Å². The molecule has 140 valence electrons. The summed E-state index contributed by atoms with van der Waals surface area (Å²) in [6.07, 6.45) is 0.0862. The van der Waals surface area contributed by atoms with Crippen LogP contribution in [0.3, 0.4) is 0 Å². The maximum atomic E-state index is 12.8. The van der Waals surface area contributed by atoms with Crippen molar-refractivity contribution in [3.05, 3.63) is 95.0 Å². The van der Waals surface area contributed by atoms with Crippen LogP contribution in [0.4, 0.5) is 5.69 Å². The van der Waals surface area contributed by atoms with Crippen LogP contribution in [0, 0.1) is 0 Å². The topological polar surface area (TPSA) is 78.8 Å². The van der Waals surface area contributed by atoms with Crippen LogP contribution in [0.2, 0.25) is 5.02 Å². The minimum Gasteiger partial charge on any atom is -0.508 e. The van der Waals surface area contributed by atoms with E-state index in [0.717, 1.165) is 0 Å². The van der Waals surface area contributed by atoms with Gasteiger partial charge in [0.05, 0.1) is 0 Å². The number of carbonyl (C=O) groups excluding carboxylic acids is 2. The van der Waals surface area contributed by atoms with Crippen LogP contribution in [-0.2, 0) is 11.2 Å². The third-order valence-electron chi connectivity index (χ3n) is 3.94. The minimum atomic E-state index is -0.546. The number of phenols is 1. The van der Waals surface area contributed by atoms with Gasteiger partial charge in [0.1, 0.15) is 11.5 Å². The molecule has 2 amide bonds. The summed E-state index contributed by atoms with van der Waals surface area (Å²) >= 11 is 6.20. The van der Waals surface area contributed by atoms with Gasteiger partial charge in [-0.05, 0) is 35.9 Å². The first-order chi connectivity index (χ1) is 13.5. The highest BCUT2D eigenvalue weighted by atomic mass is 35.5. The fraction of sp³-hybridized carbons (Fsp3) is 0.0455. The molecule has 3 aromatic carbocycles. The molecule has 0 unspecified atom stereocenters. The Kier molecular flexibility index (Phi) is 6.19. The Hall–Kier alpha value is -3.44. The summed E-state index contributed by atoms with van der Waals surface area (Å²) in [6, 6.07) is 21.7. The van der Waals surface area contributed by atoms with Crippen LogP contribution < -0.4 is 5.32 Å². The molecule has 0 aromatic heterocycles. The van der Waals surface area contributed by atoms with E-state index in [1.807, 2.05) is 0 Å². The fourth-order valence-electron chi connectivity index (χ4n) is 2.55. The predicted molar refractivity (Wildman–Crippen MR) is 110 cm³/mol. The number of nitrogens with zero attached hydrogens (tertiary/aromatic N) is 1. The Bertz CT molecular complexity index is 1030. The van der Waals surface area contributed by atoms with Gasteiger partial charge in [-0.25, -0.2) is 4.99 Å². The summed E-state index contributed by atoms with van der Waals surface area (Å²) in [5.41, 5.74) is 1.47. The molecule has 0 saturated carbocycles. The number of anilines is 1. The van der Waals surface area contributed by atoms with Gasteiger partial charge in [0.2, 0.25) is 0 Å². The average Bonchev–Trinajstić information content (AvgIpc) is 2.69. The second-order valence-corrected chi connectivity index (χ2v) is 6.41. The Balaban J connectivity index is 1.91. The molecule has 28 heavy (non-hydrogen) atoms. The van der Waals surface area contributed by atoms with E-state index in [2.05, 4.69) is 10.3 Å². The van der Waals surface area contributed by atoms with Crippen molar-refractivity contribution in [3.8, 4) is 5.75 Å². The molecule has 0 aliphatic rings. The van der Waals surface area contributed by atoms with E-state index in [4.69, 9.17) is 11.6 Å². The SMILES string of the molecule is O=C(Nc1cccc(O)c1)C(Cc1ccccc1Cl)=NC(=O)c1ccccc1. The lowest BCUT2D eigenvalue weighted by Gasteiger charge is -2.10. The molecular formula is C22H17ClN2O3. The average molecular weight is 393 g/mol. The predicted octanol–water partition coefficient (Wildman–Crippen LogP) is 4.51. The molecule has 5 nitrogen and oxygen atoms in total. The maximum absolute atomic E-state index is 12.8. The lowest BCUT2D eigenvalue weighted by atomic mass is 10.1. The van der Waals surface area contributed by atoms with Crippen molar-refractivity contribution in [2.24, 2.45) is 4.99 Å². The Morgan fingerprint density at radius 1 is 0.929 bits per heavy atom. The van der Waals surface area contributed by atoms with E-state index in [-0.39, 0.29) is 17.9 Å². The van der Waals surface area contributed by atoms with Crippen molar-refractivity contribution >= 4 is 34.8 Å². The molecule has 3 aromatic rings. The summed E-state index contributed by atoms with van der Waals surface area (Å²) in [7, 11) is 0. The van der Waals surface area contributed by atoms with Gasteiger partial charge in [-0.1, -0.05) is 54.1 Å². The standard InChI is InChI=1S/C22H17ClN2O3/c23-19-12-5-4-9-16(19)13-20(25-21(27)15-7-2-1-3-8-15)22(28)24-17-10-6-11-18(26)14-17/h1-12,14,26H,13H2,(H,24,28). The van der Waals surface area contributed by atoms with E-state index in [0.29, 0.717) is 21.8 Å². The van der Waals surface area contributed by atoms with E-state index >= 15 is 0 Å². The molecule has 0 aliphatic heterocycles. The lowest BCUT2D eigenvalue weighted by Crippen LogP contribution is -2.26. The molecule has 0 spiro atoms. The second kappa shape index (κ2) is 8.97. The van der Waals surface area contributed by atoms with E-state index in [1.165, 1.54) is 12.1 Å². The van der Waals surface area contributed by atoms with Gasteiger partial charge in [-0.2, -0.15) is 0 Å². The number of nitrogens with one attached hydrogen (secondary N) is 1. The third kappa shape index (κ3) is 5.05. The van der Waals surface area contributed by atoms with E-state index in [9.17, 15) is 14.7 Å². The van der Waals surface area contributed by atoms with Crippen molar-refractivity contribution < 1.29 is 14.7 Å². The first-order valence-corrected chi connectivity index (χ1v) is 8.91. The van der Waals surface area contributed by atoms with Crippen LogP contribution in [0.1, 0.15) is 15.9 Å².